The minimum atomic E-state index is -0.562. The SMILES string of the molecule is O=c1oc2ccccc2c2c1C(c1cccnc1)c1c(ncn3nc(-c4ccc5ccccc5c4)nc13)O2. The van der Waals surface area contributed by atoms with Crippen LogP contribution in [0.25, 0.3) is 38.8 Å². The summed E-state index contributed by atoms with van der Waals surface area (Å²) in [6.45, 7) is 0. The second-order valence-corrected chi connectivity index (χ2v) is 9.18. The molecule has 8 nitrogen and oxygen atoms in total. The van der Waals surface area contributed by atoms with Crippen molar-refractivity contribution >= 4 is 27.4 Å². The van der Waals surface area contributed by atoms with Gasteiger partial charge in [-0.05, 0) is 40.6 Å². The number of rotatable bonds is 2. The summed E-state index contributed by atoms with van der Waals surface area (Å²) in [7, 11) is 0. The van der Waals surface area contributed by atoms with Gasteiger partial charge < -0.3 is 9.15 Å². The average Bonchev–Trinajstić information content (AvgIpc) is 3.41. The zero-order valence-electron chi connectivity index (χ0n) is 19.8. The second kappa shape index (κ2) is 7.81. The highest BCUT2D eigenvalue weighted by Gasteiger charge is 2.37. The van der Waals surface area contributed by atoms with E-state index in [0.717, 1.165) is 21.9 Å². The van der Waals surface area contributed by atoms with Crippen LogP contribution in [0.2, 0.25) is 0 Å². The van der Waals surface area contributed by atoms with Crippen molar-refractivity contribution in [2.75, 3.05) is 0 Å². The number of benzene rings is 3. The van der Waals surface area contributed by atoms with Crippen molar-refractivity contribution in [2.45, 2.75) is 5.92 Å². The number of aromatic nitrogens is 5. The Kier molecular flexibility index (Phi) is 4.27. The van der Waals surface area contributed by atoms with Gasteiger partial charge in [0, 0.05) is 18.0 Å². The monoisotopic (exact) mass is 495 g/mol. The normalized spacial score (nSPS) is 14.4. The van der Waals surface area contributed by atoms with Gasteiger partial charge in [-0.15, -0.1) is 5.10 Å². The van der Waals surface area contributed by atoms with E-state index in [2.05, 4.69) is 34.2 Å². The molecule has 0 bridgehead atoms. The lowest BCUT2D eigenvalue weighted by atomic mass is 9.85. The molecule has 0 fully saturated rings. The smallest absolute Gasteiger partial charge is 0.344 e. The summed E-state index contributed by atoms with van der Waals surface area (Å²) in [5, 5.41) is 7.66. The molecule has 8 rings (SSSR count). The van der Waals surface area contributed by atoms with Crippen molar-refractivity contribution in [2.24, 2.45) is 0 Å². The molecule has 1 aliphatic heterocycles. The van der Waals surface area contributed by atoms with Gasteiger partial charge in [0.05, 0.1) is 22.4 Å². The van der Waals surface area contributed by atoms with Gasteiger partial charge in [0.2, 0.25) is 5.88 Å². The summed E-state index contributed by atoms with van der Waals surface area (Å²) < 4.78 is 13.7. The summed E-state index contributed by atoms with van der Waals surface area (Å²) in [4.78, 5) is 27.3. The largest absolute Gasteiger partial charge is 0.437 e. The maximum atomic E-state index is 13.4. The Hall–Kier alpha value is -5.37. The first kappa shape index (κ1) is 20.8. The molecule has 0 amide bonds. The van der Waals surface area contributed by atoms with Crippen molar-refractivity contribution in [3.8, 4) is 23.0 Å². The van der Waals surface area contributed by atoms with E-state index >= 15 is 0 Å². The van der Waals surface area contributed by atoms with Gasteiger partial charge in [-0.3, -0.25) is 4.98 Å². The Morgan fingerprint density at radius 3 is 2.63 bits per heavy atom. The van der Waals surface area contributed by atoms with Crippen LogP contribution >= 0.6 is 0 Å². The fourth-order valence-electron chi connectivity index (χ4n) is 5.26. The summed E-state index contributed by atoms with van der Waals surface area (Å²) in [6.07, 6.45) is 5.02. The van der Waals surface area contributed by atoms with Gasteiger partial charge in [-0.1, -0.05) is 54.6 Å². The van der Waals surface area contributed by atoms with Crippen molar-refractivity contribution in [3.63, 3.8) is 0 Å². The molecule has 0 radical (unpaired) electrons. The van der Waals surface area contributed by atoms with E-state index in [4.69, 9.17) is 19.2 Å². The number of ether oxygens (including phenoxy) is 1. The Labute approximate surface area is 214 Å². The van der Waals surface area contributed by atoms with Crippen LogP contribution in [0.3, 0.4) is 0 Å². The minimum Gasteiger partial charge on any atom is -0.437 e. The van der Waals surface area contributed by atoms with Crippen LogP contribution in [0.15, 0.2) is 107 Å². The van der Waals surface area contributed by atoms with E-state index in [9.17, 15) is 4.79 Å². The highest BCUT2D eigenvalue weighted by Crippen LogP contribution is 2.48. The van der Waals surface area contributed by atoms with Crippen LogP contribution in [0.5, 0.6) is 11.6 Å². The first-order valence-electron chi connectivity index (χ1n) is 12.1. The van der Waals surface area contributed by atoms with Gasteiger partial charge in [-0.25, -0.2) is 19.3 Å². The van der Waals surface area contributed by atoms with E-state index in [1.54, 1.807) is 29.3 Å². The van der Waals surface area contributed by atoms with Crippen molar-refractivity contribution in [1.82, 2.24) is 24.6 Å². The Bertz CT molecular complexity index is 2100. The van der Waals surface area contributed by atoms with E-state index in [1.165, 1.54) is 0 Å². The molecular weight excluding hydrogens is 478 g/mol. The van der Waals surface area contributed by atoms with Gasteiger partial charge >= 0.3 is 5.63 Å². The van der Waals surface area contributed by atoms with Crippen molar-refractivity contribution < 1.29 is 9.15 Å². The summed E-state index contributed by atoms with van der Waals surface area (Å²) in [5.74, 6) is 0.789. The van der Waals surface area contributed by atoms with E-state index in [1.807, 2.05) is 48.5 Å². The Morgan fingerprint density at radius 2 is 1.74 bits per heavy atom. The topological polar surface area (TPSA) is 95.4 Å². The maximum Gasteiger partial charge on any atom is 0.344 e. The van der Waals surface area contributed by atoms with Crippen LogP contribution in [0, 0.1) is 0 Å². The van der Waals surface area contributed by atoms with Crippen LogP contribution in [0.1, 0.15) is 22.6 Å². The zero-order chi connectivity index (χ0) is 25.2. The number of pyridine rings is 1. The van der Waals surface area contributed by atoms with Crippen LogP contribution in [-0.4, -0.2) is 24.6 Å². The number of hydrogen-bond acceptors (Lipinski definition) is 7. The van der Waals surface area contributed by atoms with Crippen molar-refractivity contribution in [1.29, 1.82) is 0 Å². The molecule has 0 spiro atoms. The predicted octanol–water partition coefficient (Wildman–Crippen LogP) is 5.73. The third-order valence-electron chi connectivity index (χ3n) is 6.99. The second-order valence-electron chi connectivity index (χ2n) is 9.18. The lowest BCUT2D eigenvalue weighted by Crippen LogP contribution is -2.22. The number of nitrogens with zero attached hydrogens (tertiary/aromatic N) is 5. The molecular formula is C30H17N5O3. The van der Waals surface area contributed by atoms with Gasteiger partial charge in [0.25, 0.3) is 0 Å². The molecule has 1 atom stereocenters. The first-order valence-corrected chi connectivity index (χ1v) is 12.1. The fourth-order valence-corrected chi connectivity index (χ4v) is 5.26. The van der Waals surface area contributed by atoms with E-state index < -0.39 is 11.5 Å². The molecule has 0 aliphatic carbocycles. The van der Waals surface area contributed by atoms with E-state index in [0.29, 0.717) is 45.2 Å². The molecule has 0 saturated carbocycles. The average molecular weight is 495 g/mol. The Balaban J connectivity index is 1.40. The van der Waals surface area contributed by atoms with Gasteiger partial charge in [0.15, 0.2) is 17.2 Å². The predicted molar refractivity (Wildman–Crippen MR) is 141 cm³/mol. The minimum absolute atomic E-state index is 0.368. The summed E-state index contributed by atoms with van der Waals surface area (Å²) in [6, 6.07) is 25.4. The molecule has 0 N–H and O–H groups in total. The molecule has 180 valence electrons. The molecule has 0 saturated heterocycles. The number of fused-ring (bicyclic) bond motifs is 7. The standard InChI is InChI=1S/C30H17N5O3/c36-30-24-23(20-8-5-13-31-15-20)25-28-33-27(19-12-11-17-6-1-2-7-18(17)14-19)34-35(28)16-32-29(25)38-26(24)21-9-3-4-10-22(21)37-30/h1-16,23H. The number of hydrogen-bond donors (Lipinski definition) is 0. The molecule has 3 aromatic carbocycles. The fraction of sp³-hybridized carbons (Fsp3) is 0.0333. The third-order valence-corrected chi connectivity index (χ3v) is 6.99. The van der Waals surface area contributed by atoms with Crippen LogP contribution in [0.4, 0.5) is 0 Å². The zero-order valence-corrected chi connectivity index (χ0v) is 19.8. The molecule has 1 unspecified atom stereocenters. The maximum absolute atomic E-state index is 13.4. The molecule has 38 heavy (non-hydrogen) atoms. The first-order chi connectivity index (χ1) is 18.7. The lowest BCUT2D eigenvalue weighted by molar-refractivity contribution is 0.422. The number of para-hydroxylation sites is 1. The highest BCUT2D eigenvalue weighted by molar-refractivity contribution is 5.88. The van der Waals surface area contributed by atoms with Crippen LogP contribution < -0.4 is 10.4 Å². The highest BCUT2D eigenvalue weighted by atomic mass is 16.5. The molecule has 7 aromatic rings. The third kappa shape index (κ3) is 3.00. The summed E-state index contributed by atoms with van der Waals surface area (Å²) >= 11 is 0. The molecule has 5 heterocycles. The molecule has 4 aromatic heterocycles. The van der Waals surface area contributed by atoms with Crippen LogP contribution in [-0.2, 0) is 0 Å². The lowest BCUT2D eigenvalue weighted by Gasteiger charge is -2.27. The Morgan fingerprint density at radius 1 is 0.868 bits per heavy atom. The van der Waals surface area contributed by atoms with Gasteiger partial charge in [-0.2, -0.15) is 0 Å². The summed E-state index contributed by atoms with van der Waals surface area (Å²) in [5.41, 5.74) is 3.21. The van der Waals surface area contributed by atoms with E-state index in [-0.39, 0.29) is 0 Å². The quantitative estimate of drug-likeness (QED) is 0.283. The molecule has 8 heteroatoms. The van der Waals surface area contributed by atoms with Gasteiger partial charge in [0.1, 0.15) is 11.9 Å². The van der Waals surface area contributed by atoms with Crippen molar-refractivity contribution in [3.05, 3.63) is 125 Å². The molecule has 1 aliphatic rings.